The zero-order chi connectivity index (χ0) is 16.4. The summed E-state index contributed by atoms with van der Waals surface area (Å²) in [6.07, 6.45) is -1.20. The maximum atomic E-state index is 11.1. The molecular weight excluding hydrogens is 308 g/mol. The molecule has 1 aliphatic rings. The summed E-state index contributed by atoms with van der Waals surface area (Å²) in [6.45, 7) is 4.06. The molecule has 0 radical (unpaired) electrons. The number of aromatic hydroxyl groups is 1. The van der Waals surface area contributed by atoms with Crippen LogP contribution in [0.1, 0.15) is 19.4 Å². The average molecular weight is 325 g/mol. The lowest BCUT2D eigenvalue weighted by Crippen LogP contribution is -2.43. The van der Waals surface area contributed by atoms with Crippen molar-refractivity contribution in [2.45, 2.75) is 13.8 Å². The molecule has 1 amide bonds. The van der Waals surface area contributed by atoms with E-state index in [2.05, 4.69) is 5.10 Å². The van der Waals surface area contributed by atoms with Crippen molar-refractivity contribution in [3.63, 3.8) is 0 Å². The predicted molar refractivity (Wildman–Crippen MR) is 83.7 cm³/mol. The van der Waals surface area contributed by atoms with Gasteiger partial charge in [0, 0.05) is 18.0 Å². The third-order valence-electron chi connectivity index (χ3n) is 3.45. The maximum absolute atomic E-state index is 11.1. The number of carboxylic acid groups (broad SMARTS) is 1. The Kier molecular flexibility index (Phi) is 4.56. The van der Waals surface area contributed by atoms with Crippen molar-refractivity contribution >= 4 is 29.4 Å². The molecule has 0 bridgehead atoms. The van der Waals surface area contributed by atoms with Crippen LogP contribution in [0.4, 0.5) is 4.79 Å². The lowest BCUT2D eigenvalue weighted by Gasteiger charge is -2.23. The molecule has 1 unspecified atom stereocenters. The first kappa shape index (κ1) is 16.1. The molecule has 1 aromatic rings. The Morgan fingerprint density at radius 1 is 1.59 bits per heavy atom. The number of rotatable bonds is 2. The molecule has 0 saturated heterocycles. The predicted octanol–water partition coefficient (Wildman–Crippen LogP) is 2.64. The molecule has 7 nitrogen and oxygen atoms in total. The fraction of sp³-hybridized carbons (Fsp3) is 0.357. The van der Waals surface area contributed by atoms with Gasteiger partial charge in [0.05, 0.1) is 17.3 Å². The van der Waals surface area contributed by atoms with Crippen LogP contribution in [0.25, 0.3) is 0 Å². The number of phenols is 1. The van der Waals surface area contributed by atoms with E-state index in [0.29, 0.717) is 17.8 Å². The summed E-state index contributed by atoms with van der Waals surface area (Å²) in [5.74, 6) is -0.343. The number of carbonyl (C=O) groups is 1. The van der Waals surface area contributed by atoms with Crippen molar-refractivity contribution in [2.75, 3.05) is 13.1 Å². The van der Waals surface area contributed by atoms with Crippen LogP contribution < -0.4 is 0 Å². The van der Waals surface area contributed by atoms with Crippen LogP contribution in [-0.4, -0.2) is 51.0 Å². The van der Waals surface area contributed by atoms with Gasteiger partial charge in [-0.2, -0.15) is 5.10 Å². The van der Waals surface area contributed by atoms with E-state index in [1.54, 1.807) is 25.1 Å². The summed E-state index contributed by atoms with van der Waals surface area (Å²) in [5.41, 5.74) is 1.07. The van der Waals surface area contributed by atoms with Crippen molar-refractivity contribution in [3.8, 4) is 5.75 Å². The average Bonchev–Trinajstić information content (AvgIpc) is 2.84. The molecular formula is C14H17ClN4O3. The number of phenolic OH excluding ortho intramolecular Hbond substituents is 1. The zero-order valence-electron chi connectivity index (χ0n) is 12.2. The Morgan fingerprint density at radius 2 is 2.27 bits per heavy atom. The van der Waals surface area contributed by atoms with Gasteiger partial charge in [0.2, 0.25) is 5.96 Å². The van der Waals surface area contributed by atoms with Gasteiger partial charge in [-0.3, -0.25) is 5.41 Å². The van der Waals surface area contributed by atoms with E-state index in [9.17, 15) is 9.90 Å². The minimum absolute atomic E-state index is 0.0614. The smallest absolute Gasteiger partial charge is 0.414 e. The highest BCUT2D eigenvalue weighted by molar-refractivity contribution is 6.32. The number of hydrogen-bond acceptors (Lipinski definition) is 4. The summed E-state index contributed by atoms with van der Waals surface area (Å²) in [4.78, 5) is 12.0. The highest BCUT2D eigenvalue weighted by atomic mass is 35.5. The molecule has 0 aliphatic carbocycles. The largest absolute Gasteiger partial charge is 0.506 e. The standard InChI is InChI=1S/C14H17ClN4O3/c1-3-18(14(21)22)13(16)19-7-8(2)11(17-19)9-5-4-6-10(15)12(9)20/h4-6,8,16,20H,3,7H2,1-2H3,(H,21,22). The summed E-state index contributed by atoms with van der Waals surface area (Å²) in [7, 11) is 0. The SMILES string of the molecule is CCN(C(=N)N1CC(C)C(c2cccc(Cl)c2O)=N1)C(=O)O. The topological polar surface area (TPSA) is 100 Å². The molecule has 8 heteroatoms. The van der Waals surface area contributed by atoms with Crippen LogP contribution in [0.3, 0.4) is 0 Å². The lowest BCUT2D eigenvalue weighted by atomic mass is 9.98. The summed E-state index contributed by atoms with van der Waals surface area (Å²) < 4.78 is 0. The maximum Gasteiger partial charge on any atom is 0.414 e. The Morgan fingerprint density at radius 3 is 2.86 bits per heavy atom. The summed E-state index contributed by atoms with van der Waals surface area (Å²) in [6, 6.07) is 4.97. The van der Waals surface area contributed by atoms with E-state index < -0.39 is 6.09 Å². The second-order valence-corrected chi connectivity index (χ2v) is 5.36. The van der Waals surface area contributed by atoms with Crippen molar-refractivity contribution in [2.24, 2.45) is 11.0 Å². The van der Waals surface area contributed by atoms with Gasteiger partial charge in [-0.15, -0.1) is 0 Å². The van der Waals surface area contributed by atoms with E-state index in [4.69, 9.17) is 22.1 Å². The Hall–Kier alpha value is -2.28. The van der Waals surface area contributed by atoms with Crippen LogP contribution in [0, 0.1) is 11.3 Å². The van der Waals surface area contributed by atoms with E-state index in [0.717, 1.165) is 4.90 Å². The molecule has 0 saturated carbocycles. The van der Waals surface area contributed by atoms with Gasteiger partial charge < -0.3 is 10.2 Å². The Labute approximate surface area is 132 Å². The number of para-hydroxylation sites is 1. The van der Waals surface area contributed by atoms with Crippen LogP contribution in [0.2, 0.25) is 5.02 Å². The number of guanidine groups is 1. The van der Waals surface area contributed by atoms with E-state index in [1.165, 1.54) is 5.01 Å². The molecule has 1 heterocycles. The van der Waals surface area contributed by atoms with Crippen molar-refractivity contribution in [3.05, 3.63) is 28.8 Å². The van der Waals surface area contributed by atoms with Gasteiger partial charge in [0.1, 0.15) is 5.75 Å². The van der Waals surface area contributed by atoms with E-state index in [1.807, 2.05) is 6.92 Å². The highest BCUT2D eigenvalue weighted by Gasteiger charge is 2.31. The second-order valence-electron chi connectivity index (χ2n) is 4.95. The van der Waals surface area contributed by atoms with Gasteiger partial charge in [-0.25, -0.2) is 14.7 Å². The minimum atomic E-state index is -1.20. The Balaban J connectivity index is 2.33. The third kappa shape index (κ3) is 2.85. The zero-order valence-corrected chi connectivity index (χ0v) is 13.0. The van der Waals surface area contributed by atoms with Gasteiger partial charge in [-0.1, -0.05) is 24.6 Å². The number of halogens is 1. The minimum Gasteiger partial charge on any atom is -0.506 e. The molecule has 0 fully saturated rings. The Bertz CT molecular complexity index is 647. The molecule has 3 N–H and O–H groups in total. The molecule has 1 atom stereocenters. The van der Waals surface area contributed by atoms with Crippen LogP contribution in [-0.2, 0) is 0 Å². The van der Waals surface area contributed by atoms with Crippen molar-refractivity contribution < 1.29 is 15.0 Å². The fourth-order valence-corrected chi connectivity index (χ4v) is 2.48. The molecule has 0 aromatic heterocycles. The number of nitrogens with zero attached hydrogens (tertiary/aromatic N) is 3. The molecule has 2 rings (SSSR count). The number of hydrazone groups is 1. The van der Waals surface area contributed by atoms with E-state index >= 15 is 0 Å². The van der Waals surface area contributed by atoms with Crippen molar-refractivity contribution in [1.29, 1.82) is 5.41 Å². The molecule has 118 valence electrons. The second kappa shape index (κ2) is 6.23. The monoisotopic (exact) mass is 324 g/mol. The third-order valence-corrected chi connectivity index (χ3v) is 3.76. The van der Waals surface area contributed by atoms with Crippen LogP contribution in [0.5, 0.6) is 5.75 Å². The fourth-order valence-electron chi connectivity index (χ4n) is 2.31. The first-order chi connectivity index (χ1) is 10.4. The molecule has 1 aliphatic heterocycles. The van der Waals surface area contributed by atoms with Gasteiger partial charge in [-0.05, 0) is 19.1 Å². The van der Waals surface area contributed by atoms with Gasteiger partial charge in [0.15, 0.2) is 0 Å². The number of hydrogen-bond donors (Lipinski definition) is 3. The van der Waals surface area contributed by atoms with E-state index in [-0.39, 0.29) is 29.2 Å². The summed E-state index contributed by atoms with van der Waals surface area (Å²) >= 11 is 5.91. The normalized spacial score (nSPS) is 17.3. The van der Waals surface area contributed by atoms with Crippen LogP contribution in [0.15, 0.2) is 23.3 Å². The number of benzene rings is 1. The molecule has 0 spiro atoms. The van der Waals surface area contributed by atoms with Crippen LogP contribution >= 0.6 is 11.6 Å². The quantitative estimate of drug-likeness (QED) is 0.575. The molecule has 22 heavy (non-hydrogen) atoms. The molecule has 1 aromatic carbocycles. The first-order valence-corrected chi connectivity index (χ1v) is 7.17. The highest BCUT2D eigenvalue weighted by Crippen LogP contribution is 2.31. The first-order valence-electron chi connectivity index (χ1n) is 6.79. The van der Waals surface area contributed by atoms with Crippen molar-refractivity contribution in [1.82, 2.24) is 9.91 Å². The number of nitrogens with one attached hydrogen (secondary N) is 1. The lowest BCUT2D eigenvalue weighted by molar-refractivity contribution is 0.165. The van der Waals surface area contributed by atoms with Gasteiger partial charge in [0.25, 0.3) is 0 Å². The summed E-state index contributed by atoms with van der Waals surface area (Å²) in [5, 5.41) is 33.0. The number of amides is 1. The van der Waals surface area contributed by atoms with Gasteiger partial charge >= 0.3 is 6.09 Å².